The standard InChI is InChI=1S/C20H23N5O/c1-14(13-21)24(3)20(26)19-15(2)25(23-22-19)18-11-9-17(10-12-18)16-7-5-4-6-8-16/h4-12,14H,13,21H2,1-3H3. The Morgan fingerprint density at radius 1 is 1.12 bits per heavy atom. The zero-order valence-electron chi connectivity index (χ0n) is 15.3. The van der Waals surface area contributed by atoms with Crippen LogP contribution in [0.25, 0.3) is 16.8 Å². The molecule has 1 atom stereocenters. The Morgan fingerprint density at radius 2 is 1.73 bits per heavy atom. The summed E-state index contributed by atoms with van der Waals surface area (Å²) in [6.45, 7) is 4.15. The van der Waals surface area contributed by atoms with E-state index < -0.39 is 0 Å². The minimum absolute atomic E-state index is 0.0581. The Balaban J connectivity index is 1.87. The Kier molecular flexibility index (Phi) is 5.14. The van der Waals surface area contributed by atoms with Crippen LogP contribution in [0.2, 0.25) is 0 Å². The predicted octanol–water partition coefficient (Wildman–Crippen LogP) is 2.66. The molecule has 6 nitrogen and oxygen atoms in total. The first kappa shape index (κ1) is 17.8. The molecule has 0 bridgehead atoms. The first-order valence-electron chi connectivity index (χ1n) is 8.58. The van der Waals surface area contributed by atoms with Gasteiger partial charge in [0.1, 0.15) is 0 Å². The molecule has 0 saturated heterocycles. The number of carbonyl (C=O) groups is 1. The number of benzene rings is 2. The molecule has 0 aliphatic heterocycles. The SMILES string of the molecule is Cc1c(C(=O)N(C)C(C)CN)nnn1-c1ccc(-c2ccccc2)cc1. The van der Waals surface area contributed by atoms with Crippen molar-refractivity contribution in [3.63, 3.8) is 0 Å². The lowest BCUT2D eigenvalue weighted by Gasteiger charge is -2.22. The van der Waals surface area contributed by atoms with Crippen LogP contribution in [0.5, 0.6) is 0 Å². The van der Waals surface area contributed by atoms with E-state index >= 15 is 0 Å². The lowest BCUT2D eigenvalue weighted by molar-refractivity contribution is 0.0741. The highest BCUT2D eigenvalue weighted by Crippen LogP contribution is 2.21. The normalized spacial score (nSPS) is 12.0. The minimum Gasteiger partial charge on any atom is -0.336 e. The van der Waals surface area contributed by atoms with Crippen LogP contribution in [0.1, 0.15) is 23.1 Å². The van der Waals surface area contributed by atoms with E-state index in [0.29, 0.717) is 17.9 Å². The molecule has 2 aromatic carbocycles. The van der Waals surface area contributed by atoms with E-state index in [-0.39, 0.29) is 11.9 Å². The number of nitrogens with two attached hydrogens (primary N) is 1. The van der Waals surface area contributed by atoms with Crippen molar-refractivity contribution in [3.8, 4) is 16.8 Å². The van der Waals surface area contributed by atoms with Crippen LogP contribution in [0.3, 0.4) is 0 Å². The van der Waals surface area contributed by atoms with E-state index in [4.69, 9.17) is 5.73 Å². The van der Waals surface area contributed by atoms with Crippen molar-refractivity contribution >= 4 is 5.91 Å². The Morgan fingerprint density at radius 3 is 2.35 bits per heavy atom. The third kappa shape index (κ3) is 3.36. The average molecular weight is 349 g/mol. The van der Waals surface area contributed by atoms with Crippen LogP contribution in [0.4, 0.5) is 0 Å². The third-order valence-corrected chi connectivity index (χ3v) is 4.64. The predicted molar refractivity (Wildman–Crippen MR) is 102 cm³/mol. The largest absolute Gasteiger partial charge is 0.336 e. The minimum atomic E-state index is -0.174. The van der Waals surface area contributed by atoms with E-state index in [9.17, 15) is 4.79 Å². The van der Waals surface area contributed by atoms with Gasteiger partial charge in [-0.15, -0.1) is 5.10 Å². The van der Waals surface area contributed by atoms with E-state index in [0.717, 1.165) is 16.8 Å². The molecule has 0 fully saturated rings. The topological polar surface area (TPSA) is 77.0 Å². The van der Waals surface area contributed by atoms with Gasteiger partial charge in [-0.3, -0.25) is 4.79 Å². The molecular weight excluding hydrogens is 326 g/mol. The van der Waals surface area contributed by atoms with Gasteiger partial charge < -0.3 is 10.6 Å². The van der Waals surface area contributed by atoms with Crippen LogP contribution in [0, 0.1) is 6.92 Å². The van der Waals surface area contributed by atoms with Crippen molar-refractivity contribution in [1.82, 2.24) is 19.9 Å². The van der Waals surface area contributed by atoms with E-state index in [1.54, 1.807) is 16.6 Å². The molecule has 2 N–H and O–H groups in total. The van der Waals surface area contributed by atoms with Crippen molar-refractivity contribution in [2.75, 3.05) is 13.6 Å². The molecule has 3 rings (SSSR count). The summed E-state index contributed by atoms with van der Waals surface area (Å²) in [6.07, 6.45) is 0. The smallest absolute Gasteiger partial charge is 0.276 e. The number of nitrogens with zero attached hydrogens (tertiary/aromatic N) is 4. The van der Waals surface area contributed by atoms with E-state index in [2.05, 4.69) is 22.4 Å². The molecule has 1 heterocycles. The number of rotatable bonds is 5. The van der Waals surface area contributed by atoms with Gasteiger partial charge in [0.25, 0.3) is 5.91 Å². The maximum atomic E-state index is 12.6. The lowest BCUT2D eigenvalue weighted by Crippen LogP contribution is -2.40. The fourth-order valence-electron chi connectivity index (χ4n) is 2.72. The second-order valence-electron chi connectivity index (χ2n) is 6.35. The Bertz CT molecular complexity index is 886. The monoisotopic (exact) mass is 349 g/mol. The second kappa shape index (κ2) is 7.49. The molecule has 1 amide bonds. The molecule has 1 unspecified atom stereocenters. The Hall–Kier alpha value is -2.99. The van der Waals surface area contributed by atoms with E-state index in [1.165, 1.54) is 0 Å². The molecule has 134 valence electrons. The van der Waals surface area contributed by atoms with Crippen molar-refractivity contribution < 1.29 is 4.79 Å². The van der Waals surface area contributed by atoms with Crippen LogP contribution in [-0.4, -0.2) is 45.4 Å². The van der Waals surface area contributed by atoms with Gasteiger partial charge in [-0.05, 0) is 37.1 Å². The van der Waals surface area contributed by atoms with Crippen molar-refractivity contribution in [1.29, 1.82) is 0 Å². The van der Waals surface area contributed by atoms with Gasteiger partial charge in [0.15, 0.2) is 5.69 Å². The number of hydrogen-bond donors (Lipinski definition) is 1. The van der Waals surface area contributed by atoms with E-state index in [1.807, 2.05) is 56.3 Å². The maximum absolute atomic E-state index is 12.6. The highest BCUT2D eigenvalue weighted by molar-refractivity contribution is 5.93. The van der Waals surface area contributed by atoms with Crippen LogP contribution in [0.15, 0.2) is 54.6 Å². The molecule has 26 heavy (non-hydrogen) atoms. The fourth-order valence-corrected chi connectivity index (χ4v) is 2.72. The number of likely N-dealkylation sites (N-methyl/N-ethyl adjacent to an activating group) is 1. The quantitative estimate of drug-likeness (QED) is 0.768. The summed E-state index contributed by atoms with van der Waals surface area (Å²) < 4.78 is 1.68. The lowest BCUT2D eigenvalue weighted by atomic mass is 10.1. The number of hydrogen-bond acceptors (Lipinski definition) is 4. The fraction of sp³-hybridized carbons (Fsp3) is 0.250. The Labute approximate surface area is 153 Å². The second-order valence-corrected chi connectivity index (χ2v) is 6.35. The summed E-state index contributed by atoms with van der Waals surface area (Å²) in [7, 11) is 1.73. The van der Waals surface area contributed by atoms with Gasteiger partial charge in [-0.1, -0.05) is 47.7 Å². The van der Waals surface area contributed by atoms with Gasteiger partial charge in [0, 0.05) is 19.6 Å². The zero-order valence-corrected chi connectivity index (χ0v) is 15.3. The maximum Gasteiger partial charge on any atom is 0.276 e. The summed E-state index contributed by atoms with van der Waals surface area (Å²) in [4.78, 5) is 14.2. The molecule has 1 aromatic heterocycles. The molecular formula is C20H23N5O. The molecule has 3 aromatic rings. The molecule has 0 saturated carbocycles. The van der Waals surface area contributed by atoms with Gasteiger partial charge in [-0.25, -0.2) is 4.68 Å². The third-order valence-electron chi connectivity index (χ3n) is 4.64. The molecule has 0 aliphatic rings. The summed E-state index contributed by atoms with van der Waals surface area (Å²) in [6, 6.07) is 18.1. The summed E-state index contributed by atoms with van der Waals surface area (Å²) >= 11 is 0. The first-order chi connectivity index (χ1) is 12.5. The summed E-state index contributed by atoms with van der Waals surface area (Å²) in [5, 5.41) is 8.26. The summed E-state index contributed by atoms with van der Waals surface area (Å²) in [5.41, 5.74) is 9.85. The molecule has 0 radical (unpaired) electrons. The molecule has 0 aliphatic carbocycles. The molecule has 6 heteroatoms. The van der Waals surface area contributed by atoms with Crippen molar-refractivity contribution in [2.45, 2.75) is 19.9 Å². The number of amides is 1. The van der Waals surface area contributed by atoms with Gasteiger partial charge in [0.05, 0.1) is 11.4 Å². The highest BCUT2D eigenvalue weighted by atomic mass is 16.2. The first-order valence-corrected chi connectivity index (χ1v) is 8.58. The van der Waals surface area contributed by atoms with Crippen LogP contribution < -0.4 is 5.73 Å². The van der Waals surface area contributed by atoms with Gasteiger partial charge >= 0.3 is 0 Å². The zero-order chi connectivity index (χ0) is 18.7. The van der Waals surface area contributed by atoms with Crippen molar-refractivity contribution in [3.05, 3.63) is 66.0 Å². The van der Waals surface area contributed by atoms with Crippen molar-refractivity contribution in [2.24, 2.45) is 5.73 Å². The van der Waals surface area contributed by atoms with Gasteiger partial charge in [-0.2, -0.15) is 0 Å². The van der Waals surface area contributed by atoms with Crippen LogP contribution >= 0.6 is 0 Å². The highest BCUT2D eigenvalue weighted by Gasteiger charge is 2.23. The van der Waals surface area contributed by atoms with Gasteiger partial charge in [0.2, 0.25) is 0 Å². The molecule has 0 spiro atoms. The number of aromatic nitrogens is 3. The number of carbonyl (C=O) groups excluding carboxylic acids is 1. The average Bonchev–Trinajstić information content (AvgIpc) is 3.08. The summed E-state index contributed by atoms with van der Waals surface area (Å²) in [5.74, 6) is -0.174. The van der Waals surface area contributed by atoms with Crippen LogP contribution in [-0.2, 0) is 0 Å².